The average molecular weight is 282 g/mol. The van der Waals surface area contributed by atoms with Gasteiger partial charge in [-0.25, -0.2) is 0 Å². The van der Waals surface area contributed by atoms with Gasteiger partial charge < -0.3 is 15.7 Å². The van der Waals surface area contributed by atoms with Crippen LogP contribution in [0.1, 0.15) is 36.0 Å². The van der Waals surface area contributed by atoms with Crippen molar-refractivity contribution in [3.8, 4) is 0 Å². The van der Waals surface area contributed by atoms with Gasteiger partial charge in [-0.15, -0.1) is 0 Å². The third-order valence-electron chi connectivity index (χ3n) is 3.27. The molecule has 1 heterocycles. The third-order valence-corrected chi connectivity index (χ3v) is 3.95. The molecule has 2 unspecified atom stereocenters. The van der Waals surface area contributed by atoms with Gasteiger partial charge >= 0.3 is 0 Å². The van der Waals surface area contributed by atoms with Crippen molar-refractivity contribution in [3.63, 3.8) is 0 Å². The number of hydrogen-bond donors (Lipinski definition) is 3. The van der Waals surface area contributed by atoms with Gasteiger partial charge in [0.15, 0.2) is 0 Å². The smallest absolute Gasteiger partial charge is 0.252 e. The first-order valence-electron chi connectivity index (χ1n) is 6.44. The van der Waals surface area contributed by atoms with E-state index in [1.165, 1.54) is 11.3 Å². The second-order valence-electron chi connectivity index (χ2n) is 4.72. The van der Waals surface area contributed by atoms with Crippen LogP contribution in [0.2, 0.25) is 0 Å². The lowest BCUT2D eigenvalue weighted by atomic mass is 9.92. The molecule has 0 bridgehead atoms. The topological polar surface area (TPSA) is 78.4 Å². The highest BCUT2D eigenvalue weighted by molar-refractivity contribution is 7.08. The number of aliphatic hydroxyl groups is 1. The highest BCUT2D eigenvalue weighted by atomic mass is 32.1. The van der Waals surface area contributed by atoms with Crippen molar-refractivity contribution in [2.45, 2.75) is 37.8 Å². The third kappa shape index (κ3) is 4.04. The van der Waals surface area contributed by atoms with Gasteiger partial charge in [0.1, 0.15) is 0 Å². The first-order chi connectivity index (χ1) is 9.16. The fourth-order valence-electron chi connectivity index (χ4n) is 2.19. The lowest BCUT2D eigenvalue weighted by molar-refractivity contribution is -0.122. The number of carbonyl (C=O) groups excluding carboxylic acids is 2. The Morgan fingerprint density at radius 2 is 2.16 bits per heavy atom. The molecule has 1 fully saturated rings. The van der Waals surface area contributed by atoms with Gasteiger partial charge in [0.25, 0.3) is 5.91 Å². The quantitative estimate of drug-likeness (QED) is 0.767. The van der Waals surface area contributed by atoms with Crippen LogP contribution in [-0.4, -0.2) is 35.6 Å². The summed E-state index contributed by atoms with van der Waals surface area (Å²) < 4.78 is 0. The molecule has 2 amide bonds. The van der Waals surface area contributed by atoms with Gasteiger partial charge in [-0.1, -0.05) is 12.8 Å². The van der Waals surface area contributed by atoms with Crippen LogP contribution in [0.5, 0.6) is 0 Å². The van der Waals surface area contributed by atoms with Crippen LogP contribution in [0.3, 0.4) is 0 Å². The van der Waals surface area contributed by atoms with Crippen molar-refractivity contribution in [3.05, 3.63) is 22.4 Å². The number of thiophene rings is 1. The van der Waals surface area contributed by atoms with E-state index in [-0.39, 0.29) is 24.4 Å². The maximum Gasteiger partial charge on any atom is 0.252 e. The molecule has 5 nitrogen and oxygen atoms in total. The van der Waals surface area contributed by atoms with Gasteiger partial charge in [0, 0.05) is 10.9 Å². The number of aliphatic hydroxyl groups excluding tert-OH is 1. The van der Waals surface area contributed by atoms with Crippen molar-refractivity contribution in [2.24, 2.45) is 0 Å². The van der Waals surface area contributed by atoms with E-state index >= 15 is 0 Å². The molecule has 0 aromatic carbocycles. The molecule has 104 valence electrons. The van der Waals surface area contributed by atoms with E-state index < -0.39 is 6.10 Å². The largest absolute Gasteiger partial charge is 0.391 e. The molecule has 0 radical (unpaired) electrons. The van der Waals surface area contributed by atoms with E-state index in [2.05, 4.69) is 10.6 Å². The molecule has 0 saturated heterocycles. The van der Waals surface area contributed by atoms with Crippen molar-refractivity contribution < 1.29 is 14.7 Å². The van der Waals surface area contributed by atoms with Gasteiger partial charge in [0.05, 0.1) is 18.7 Å². The molecule has 1 aliphatic carbocycles. The molecule has 0 spiro atoms. The van der Waals surface area contributed by atoms with Crippen LogP contribution in [0.15, 0.2) is 16.8 Å². The number of hydrogen-bond acceptors (Lipinski definition) is 4. The second kappa shape index (κ2) is 6.68. The van der Waals surface area contributed by atoms with Crippen LogP contribution < -0.4 is 10.6 Å². The molecule has 3 N–H and O–H groups in total. The maximum atomic E-state index is 11.7. The fourth-order valence-corrected chi connectivity index (χ4v) is 2.83. The number of amides is 2. The zero-order chi connectivity index (χ0) is 13.7. The number of nitrogens with one attached hydrogen (secondary N) is 2. The molecule has 0 aliphatic heterocycles. The lowest BCUT2D eigenvalue weighted by Gasteiger charge is -2.28. The zero-order valence-corrected chi connectivity index (χ0v) is 11.4. The van der Waals surface area contributed by atoms with Crippen molar-refractivity contribution in [2.75, 3.05) is 6.54 Å². The van der Waals surface area contributed by atoms with Crippen LogP contribution in [-0.2, 0) is 4.79 Å². The van der Waals surface area contributed by atoms with E-state index in [1.54, 1.807) is 11.4 Å². The average Bonchev–Trinajstić information content (AvgIpc) is 2.93. The van der Waals surface area contributed by atoms with Crippen molar-refractivity contribution >= 4 is 23.2 Å². The molecule has 1 aromatic rings. The molecule has 2 atom stereocenters. The number of rotatable bonds is 4. The second-order valence-corrected chi connectivity index (χ2v) is 5.50. The molecule has 6 heteroatoms. The first-order valence-corrected chi connectivity index (χ1v) is 7.39. The molecule has 1 aromatic heterocycles. The summed E-state index contributed by atoms with van der Waals surface area (Å²) in [5.41, 5.74) is 0.565. The Bertz CT molecular complexity index is 433. The molecule has 2 rings (SSSR count). The molecular weight excluding hydrogens is 264 g/mol. The summed E-state index contributed by atoms with van der Waals surface area (Å²) in [6.07, 6.45) is 3.08. The predicted molar refractivity (Wildman–Crippen MR) is 73.1 cm³/mol. The van der Waals surface area contributed by atoms with Gasteiger partial charge in [0.2, 0.25) is 5.91 Å². The Morgan fingerprint density at radius 3 is 2.84 bits per heavy atom. The standard InChI is InChI=1S/C13H18N2O3S/c16-11-4-2-1-3-10(11)15-12(17)7-14-13(18)9-5-6-19-8-9/h5-6,8,10-11,16H,1-4,7H2,(H,14,18)(H,15,17). The Kier molecular flexibility index (Phi) is 4.93. The Morgan fingerprint density at radius 1 is 1.37 bits per heavy atom. The van der Waals surface area contributed by atoms with E-state index in [0.717, 1.165) is 25.7 Å². The van der Waals surface area contributed by atoms with Crippen LogP contribution in [0.25, 0.3) is 0 Å². The Hall–Kier alpha value is -1.40. The lowest BCUT2D eigenvalue weighted by Crippen LogP contribution is -2.48. The highest BCUT2D eigenvalue weighted by Gasteiger charge is 2.24. The summed E-state index contributed by atoms with van der Waals surface area (Å²) in [4.78, 5) is 23.3. The molecule has 1 aliphatic rings. The molecule has 1 saturated carbocycles. The monoisotopic (exact) mass is 282 g/mol. The predicted octanol–water partition coefficient (Wildman–Crippen LogP) is 0.898. The summed E-state index contributed by atoms with van der Waals surface area (Å²) >= 11 is 1.44. The van der Waals surface area contributed by atoms with E-state index in [1.807, 2.05) is 5.38 Å². The van der Waals surface area contributed by atoms with E-state index in [4.69, 9.17) is 0 Å². The highest BCUT2D eigenvalue weighted by Crippen LogP contribution is 2.18. The van der Waals surface area contributed by atoms with E-state index in [0.29, 0.717) is 5.56 Å². The van der Waals surface area contributed by atoms with Crippen molar-refractivity contribution in [1.29, 1.82) is 0 Å². The fraction of sp³-hybridized carbons (Fsp3) is 0.538. The minimum Gasteiger partial charge on any atom is -0.391 e. The minimum absolute atomic E-state index is 0.0576. The molecular formula is C13H18N2O3S. The van der Waals surface area contributed by atoms with Crippen molar-refractivity contribution in [1.82, 2.24) is 10.6 Å². The SMILES string of the molecule is O=C(CNC(=O)c1ccsc1)NC1CCCCC1O. The van der Waals surface area contributed by atoms with Crippen LogP contribution >= 0.6 is 11.3 Å². The summed E-state index contributed by atoms with van der Waals surface area (Å²) in [7, 11) is 0. The zero-order valence-electron chi connectivity index (χ0n) is 10.6. The Labute approximate surface area is 116 Å². The minimum atomic E-state index is -0.467. The van der Waals surface area contributed by atoms with Crippen LogP contribution in [0, 0.1) is 0 Å². The van der Waals surface area contributed by atoms with Crippen LogP contribution in [0.4, 0.5) is 0 Å². The number of carbonyl (C=O) groups is 2. The van der Waals surface area contributed by atoms with Gasteiger partial charge in [-0.05, 0) is 24.3 Å². The summed E-state index contributed by atoms with van der Waals surface area (Å²) in [6, 6.07) is 1.53. The Balaban J connectivity index is 1.74. The van der Waals surface area contributed by atoms with Gasteiger partial charge in [-0.3, -0.25) is 9.59 Å². The maximum absolute atomic E-state index is 11.7. The normalized spacial score (nSPS) is 22.8. The molecule has 19 heavy (non-hydrogen) atoms. The summed E-state index contributed by atoms with van der Waals surface area (Å²) in [5.74, 6) is -0.505. The summed E-state index contributed by atoms with van der Waals surface area (Å²) in [5, 5.41) is 18.6. The summed E-state index contributed by atoms with van der Waals surface area (Å²) in [6.45, 7) is -0.0576. The van der Waals surface area contributed by atoms with E-state index in [9.17, 15) is 14.7 Å². The first kappa shape index (κ1) is 14.0. The van der Waals surface area contributed by atoms with Gasteiger partial charge in [-0.2, -0.15) is 11.3 Å².